The number of aromatic nitrogens is 1. The number of benzene rings is 1. The van der Waals surface area contributed by atoms with Crippen molar-refractivity contribution in [1.82, 2.24) is 10.4 Å². The van der Waals surface area contributed by atoms with Crippen LogP contribution < -0.4 is 11.3 Å². The van der Waals surface area contributed by atoms with Crippen molar-refractivity contribution in [2.24, 2.45) is 5.84 Å². The molecule has 0 saturated heterocycles. The van der Waals surface area contributed by atoms with E-state index >= 15 is 0 Å². The Balaban J connectivity index is 2.31. The Bertz CT molecular complexity index is 602. The summed E-state index contributed by atoms with van der Waals surface area (Å²) in [7, 11) is 0. The highest BCUT2D eigenvalue weighted by Crippen LogP contribution is 2.26. The van der Waals surface area contributed by atoms with Crippen LogP contribution in [0.25, 0.3) is 0 Å². The van der Waals surface area contributed by atoms with E-state index in [9.17, 15) is 8.78 Å². The second-order valence-corrected chi connectivity index (χ2v) is 5.33. The number of pyridine rings is 1. The second kappa shape index (κ2) is 6.39. The molecule has 2 rings (SSSR count). The van der Waals surface area contributed by atoms with Crippen molar-refractivity contribution < 1.29 is 8.78 Å². The molecule has 0 fully saturated rings. The van der Waals surface area contributed by atoms with Crippen LogP contribution >= 0.6 is 15.9 Å². The predicted molar refractivity (Wildman–Crippen MR) is 76.8 cm³/mol. The molecule has 20 heavy (non-hydrogen) atoms. The van der Waals surface area contributed by atoms with Gasteiger partial charge in [-0.3, -0.25) is 16.3 Å². The van der Waals surface area contributed by atoms with E-state index in [-0.39, 0.29) is 16.5 Å². The first kappa shape index (κ1) is 15.0. The zero-order valence-electron chi connectivity index (χ0n) is 10.8. The summed E-state index contributed by atoms with van der Waals surface area (Å²) in [5, 5.41) is 0. The van der Waals surface area contributed by atoms with Gasteiger partial charge in [-0.05, 0) is 53.0 Å². The maximum Gasteiger partial charge on any atom is 0.143 e. The minimum absolute atomic E-state index is 0.0112. The summed E-state index contributed by atoms with van der Waals surface area (Å²) in [6.45, 7) is 1.86. The number of hydrazine groups is 1. The van der Waals surface area contributed by atoms with Gasteiger partial charge >= 0.3 is 0 Å². The van der Waals surface area contributed by atoms with Crippen LogP contribution in [0, 0.1) is 18.6 Å². The molecule has 0 aliphatic heterocycles. The molecular formula is C14H14BrF2N3. The highest BCUT2D eigenvalue weighted by Gasteiger charge is 2.18. The van der Waals surface area contributed by atoms with Crippen molar-refractivity contribution >= 4 is 15.9 Å². The minimum Gasteiger partial charge on any atom is -0.271 e. The molecule has 1 aromatic heterocycles. The van der Waals surface area contributed by atoms with Crippen LogP contribution in [0.2, 0.25) is 0 Å². The van der Waals surface area contributed by atoms with Crippen LogP contribution in [-0.2, 0) is 6.42 Å². The monoisotopic (exact) mass is 341 g/mol. The smallest absolute Gasteiger partial charge is 0.143 e. The molecule has 0 spiro atoms. The fourth-order valence-corrected chi connectivity index (χ4v) is 2.29. The summed E-state index contributed by atoms with van der Waals surface area (Å²) in [5.41, 5.74) is 4.20. The number of nitrogens with one attached hydrogen (secondary N) is 1. The van der Waals surface area contributed by atoms with Crippen LogP contribution in [-0.4, -0.2) is 4.98 Å². The maximum atomic E-state index is 14.0. The molecule has 1 aromatic carbocycles. The molecule has 6 heteroatoms. The van der Waals surface area contributed by atoms with Gasteiger partial charge in [-0.1, -0.05) is 6.07 Å². The van der Waals surface area contributed by atoms with Crippen molar-refractivity contribution in [3.8, 4) is 0 Å². The van der Waals surface area contributed by atoms with Gasteiger partial charge in [-0.15, -0.1) is 0 Å². The van der Waals surface area contributed by atoms with Gasteiger partial charge in [0.2, 0.25) is 0 Å². The van der Waals surface area contributed by atoms with Crippen molar-refractivity contribution in [3.63, 3.8) is 0 Å². The Labute approximate surface area is 124 Å². The standard InChI is InChI=1S/C14H14BrF2N3/c1-8-2-3-9(7-19-8)13(20-18)6-10-12(16)5-4-11(15)14(10)17/h2-5,7,13,20H,6,18H2,1H3. The van der Waals surface area contributed by atoms with E-state index < -0.39 is 17.7 Å². The fourth-order valence-electron chi connectivity index (χ4n) is 1.92. The summed E-state index contributed by atoms with van der Waals surface area (Å²) >= 11 is 3.05. The molecule has 0 bridgehead atoms. The van der Waals surface area contributed by atoms with Gasteiger partial charge in [0.15, 0.2) is 0 Å². The first-order valence-corrected chi connectivity index (χ1v) is 6.83. The average molecular weight is 342 g/mol. The SMILES string of the molecule is Cc1ccc(C(Cc2c(F)ccc(Br)c2F)NN)cn1. The van der Waals surface area contributed by atoms with Gasteiger partial charge in [0.25, 0.3) is 0 Å². The number of hydrogen-bond acceptors (Lipinski definition) is 3. The molecule has 0 aliphatic carbocycles. The molecule has 1 heterocycles. The Kier molecular flexibility index (Phi) is 4.80. The summed E-state index contributed by atoms with van der Waals surface area (Å²) in [6.07, 6.45) is 1.74. The molecule has 0 aliphatic rings. The Morgan fingerprint density at radius 2 is 2.05 bits per heavy atom. The van der Waals surface area contributed by atoms with E-state index in [4.69, 9.17) is 5.84 Å². The zero-order valence-corrected chi connectivity index (χ0v) is 12.4. The molecule has 1 atom stereocenters. The van der Waals surface area contributed by atoms with Gasteiger partial charge < -0.3 is 0 Å². The molecule has 3 nitrogen and oxygen atoms in total. The molecule has 2 aromatic rings. The summed E-state index contributed by atoms with van der Waals surface area (Å²) in [4.78, 5) is 4.16. The first-order chi connectivity index (χ1) is 9.52. The van der Waals surface area contributed by atoms with Crippen LogP contribution in [0.4, 0.5) is 8.78 Å². The zero-order chi connectivity index (χ0) is 14.7. The van der Waals surface area contributed by atoms with Gasteiger partial charge in [0, 0.05) is 17.5 Å². The number of aryl methyl sites for hydroxylation is 1. The molecule has 106 valence electrons. The first-order valence-electron chi connectivity index (χ1n) is 6.04. The predicted octanol–water partition coefficient (Wildman–Crippen LogP) is 3.18. The topological polar surface area (TPSA) is 50.9 Å². The van der Waals surface area contributed by atoms with Gasteiger partial charge in [0.05, 0.1) is 10.5 Å². The van der Waals surface area contributed by atoms with Crippen LogP contribution in [0.1, 0.15) is 22.9 Å². The number of nitrogens with zero attached hydrogens (tertiary/aromatic N) is 1. The number of halogens is 3. The summed E-state index contributed by atoms with van der Waals surface area (Å²) in [5.74, 6) is 4.30. The summed E-state index contributed by atoms with van der Waals surface area (Å²) in [6, 6.07) is 5.81. The molecule has 1 unspecified atom stereocenters. The van der Waals surface area contributed by atoms with Crippen molar-refractivity contribution in [1.29, 1.82) is 0 Å². The lowest BCUT2D eigenvalue weighted by atomic mass is 9.99. The highest BCUT2D eigenvalue weighted by molar-refractivity contribution is 9.10. The lowest BCUT2D eigenvalue weighted by molar-refractivity contribution is 0.497. The quantitative estimate of drug-likeness (QED) is 0.510. The van der Waals surface area contributed by atoms with E-state index in [2.05, 4.69) is 26.3 Å². The maximum absolute atomic E-state index is 14.0. The van der Waals surface area contributed by atoms with E-state index in [0.717, 1.165) is 11.3 Å². The van der Waals surface area contributed by atoms with Crippen LogP contribution in [0.5, 0.6) is 0 Å². The Morgan fingerprint density at radius 1 is 1.30 bits per heavy atom. The van der Waals surface area contributed by atoms with Gasteiger partial charge in [0.1, 0.15) is 11.6 Å². The third-order valence-corrected chi connectivity index (χ3v) is 3.70. The lowest BCUT2D eigenvalue weighted by Gasteiger charge is -2.17. The summed E-state index contributed by atoms with van der Waals surface area (Å²) < 4.78 is 28.0. The van der Waals surface area contributed by atoms with E-state index in [0.29, 0.717) is 0 Å². The Morgan fingerprint density at radius 3 is 2.65 bits per heavy atom. The molecular weight excluding hydrogens is 328 g/mol. The molecule has 0 amide bonds. The lowest BCUT2D eigenvalue weighted by Crippen LogP contribution is -2.30. The molecule has 3 N–H and O–H groups in total. The van der Waals surface area contributed by atoms with E-state index in [1.807, 2.05) is 19.1 Å². The average Bonchev–Trinajstić information content (AvgIpc) is 2.45. The van der Waals surface area contributed by atoms with Gasteiger partial charge in [-0.25, -0.2) is 8.78 Å². The number of rotatable bonds is 4. The van der Waals surface area contributed by atoms with Crippen LogP contribution in [0.15, 0.2) is 34.9 Å². The number of hydrogen-bond donors (Lipinski definition) is 2. The van der Waals surface area contributed by atoms with Crippen molar-refractivity contribution in [2.75, 3.05) is 0 Å². The molecule has 0 saturated carbocycles. The third kappa shape index (κ3) is 3.20. The van der Waals surface area contributed by atoms with Gasteiger partial charge in [-0.2, -0.15) is 0 Å². The van der Waals surface area contributed by atoms with Crippen molar-refractivity contribution in [3.05, 3.63) is 63.4 Å². The minimum atomic E-state index is -0.606. The fraction of sp³-hybridized carbons (Fsp3) is 0.214. The van der Waals surface area contributed by atoms with Crippen LogP contribution in [0.3, 0.4) is 0 Å². The van der Waals surface area contributed by atoms with E-state index in [1.54, 1.807) is 6.20 Å². The highest BCUT2D eigenvalue weighted by atomic mass is 79.9. The van der Waals surface area contributed by atoms with E-state index in [1.165, 1.54) is 12.1 Å². The third-order valence-electron chi connectivity index (χ3n) is 3.08. The Hall–Kier alpha value is -1.37. The van der Waals surface area contributed by atoms with Crippen molar-refractivity contribution in [2.45, 2.75) is 19.4 Å². The normalized spacial score (nSPS) is 12.4. The second-order valence-electron chi connectivity index (χ2n) is 4.48. The molecule has 0 radical (unpaired) electrons. The number of nitrogens with two attached hydrogens (primary N) is 1. The largest absolute Gasteiger partial charge is 0.271 e.